The Bertz CT molecular complexity index is 949. The molecule has 0 unspecified atom stereocenters. The number of hydrogen-bond donors (Lipinski definition) is 1. The second kappa shape index (κ2) is 9.41. The van der Waals surface area contributed by atoms with Gasteiger partial charge in [-0.3, -0.25) is 4.79 Å². The Morgan fingerprint density at radius 2 is 2.00 bits per heavy atom. The first kappa shape index (κ1) is 19.2. The lowest BCUT2D eigenvalue weighted by Gasteiger charge is -2.09. The van der Waals surface area contributed by atoms with E-state index >= 15 is 0 Å². The van der Waals surface area contributed by atoms with E-state index in [0.29, 0.717) is 24.7 Å². The number of nitrogens with one attached hydrogen (secondary N) is 1. The van der Waals surface area contributed by atoms with Crippen molar-refractivity contribution in [1.29, 1.82) is 0 Å². The molecule has 0 atom stereocenters. The zero-order valence-electron chi connectivity index (χ0n) is 16.0. The predicted octanol–water partition coefficient (Wildman–Crippen LogP) is 3.61. The highest BCUT2D eigenvalue weighted by molar-refractivity contribution is 5.91. The molecule has 0 fully saturated rings. The molecule has 0 radical (unpaired) electrons. The first-order valence-corrected chi connectivity index (χ1v) is 9.05. The third-order valence-corrected chi connectivity index (χ3v) is 4.04. The van der Waals surface area contributed by atoms with Crippen molar-refractivity contribution < 1.29 is 14.3 Å². The summed E-state index contributed by atoms with van der Waals surface area (Å²) in [6.45, 7) is 2.89. The second-order valence-electron chi connectivity index (χ2n) is 6.02. The number of nitrogens with zero attached hydrogens (tertiary/aromatic N) is 2. The molecule has 0 spiro atoms. The molecule has 144 valence electrons. The van der Waals surface area contributed by atoms with Crippen molar-refractivity contribution in [2.45, 2.75) is 13.5 Å². The lowest BCUT2D eigenvalue weighted by molar-refractivity contribution is -0.116. The van der Waals surface area contributed by atoms with Crippen LogP contribution in [0.15, 0.2) is 67.0 Å². The molecule has 0 aliphatic heterocycles. The zero-order valence-corrected chi connectivity index (χ0v) is 16.0. The summed E-state index contributed by atoms with van der Waals surface area (Å²) < 4.78 is 12.6. The van der Waals surface area contributed by atoms with Gasteiger partial charge in [0.2, 0.25) is 5.91 Å². The van der Waals surface area contributed by atoms with E-state index in [1.54, 1.807) is 24.1 Å². The van der Waals surface area contributed by atoms with E-state index in [0.717, 1.165) is 16.8 Å². The van der Waals surface area contributed by atoms with Crippen LogP contribution in [0.25, 0.3) is 11.8 Å². The Morgan fingerprint density at radius 3 is 2.75 bits per heavy atom. The molecule has 1 heterocycles. The van der Waals surface area contributed by atoms with Crippen LogP contribution >= 0.6 is 0 Å². The lowest BCUT2D eigenvalue weighted by atomic mass is 10.2. The summed E-state index contributed by atoms with van der Waals surface area (Å²) in [6, 6.07) is 15.4. The second-order valence-corrected chi connectivity index (χ2v) is 6.02. The number of ether oxygens (including phenoxy) is 2. The number of methoxy groups -OCH3 is 1. The Kier molecular flexibility index (Phi) is 6.46. The Morgan fingerprint density at radius 1 is 1.18 bits per heavy atom. The zero-order chi connectivity index (χ0) is 19.8. The van der Waals surface area contributed by atoms with Gasteiger partial charge in [-0.15, -0.1) is 0 Å². The predicted molar refractivity (Wildman–Crippen MR) is 109 cm³/mol. The maximum atomic E-state index is 12.1. The highest BCUT2D eigenvalue weighted by Gasteiger charge is 2.05. The van der Waals surface area contributed by atoms with E-state index in [1.165, 1.54) is 6.08 Å². The molecule has 28 heavy (non-hydrogen) atoms. The summed E-state index contributed by atoms with van der Waals surface area (Å²) in [5, 5.41) is 7.18. The van der Waals surface area contributed by atoms with Gasteiger partial charge in [-0.1, -0.05) is 24.3 Å². The maximum Gasteiger partial charge on any atom is 0.244 e. The summed E-state index contributed by atoms with van der Waals surface area (Å²) >= 11 is 0. The average molecular weight is 377 g/mol. The van der Waals surface area contributed by atoms with Crippen molar-refractivity contribution in [2.24, 2.45) is 0 Å². The number of benzene rings is 2. The Labute approximate surface area is 164 Å². The molecule has 6 nitrogen and oxygen atoms in total. The molecule has 6 heteroatoms. The summed E-state index contributed by atoms with van der Waals surface area (Å²) in [6.07, 6.45) is 6.88. The number of rotatable bonds is 8. The van der Waals surface area contributed by atoms with E-state index in [1.807, 2.05) is 61.7 Å². The standard InChI is InChI=1S/C22H23N3O3/c1-3-28-20-11-9-17(13-21(20)27-2)10-12-22(26)23-14-18-15-24-25(16-18)19-7-5-4-6-8-19/h4-13,15-16H,3,14H2,1-2H3,(H,23,26)/b12-10+. The van der Waals surface area contributed by atoms with Gasteiger partial charge in [0.15, 0.2) is 11.5 Å². The van der Waals surface area contributed by atoms with Crippen LogP contribution in [0.1, 0.15) is 18.1 Å². The molecule has 3 aromatic rings. The number of para-hydroxylation sites is 1. The molecule has 0 bridgehead atoms. The quantitative estimate of drug-likeness (QED) is 0.609. The molecule has 2 aromatic carbocycles. The fraction of sp³-hybridized carbons (Fsp3) is 0.182. The fourth-order valence-corrected chi connectivity index (χ4v) is 2.66. The van der Waals surface area contributed by atoms with Crippen LogP contribution in [0, 0.1) is 0 Å². The van der Waals surface area contributed by atoms with Gasteiger partial charge in [-0.25, -0.2) is 4.68 Å². The van der Waals surface area contributed by atoms with Gasteiger partial charge in [0.25, 0.3) is 0 Å². The van der Waals surface area contributed by atoms with Crippen LogP contribution < -0.4 is 14.8 Å². The van der Waals surface area contributed by atoms with Crippen LogP contribution in [0.4, 0.5) is 0 Å². The van der Waals surface area contributed by atoms with Crippen molar-refractivity contribution in [1.82, 2.24) is 15.1 Å². The third-order valence-electron chi connectivity index (χ3n) is 4.04. The van der Waals surface area contributed by atoms with Crippen LogP contribution in [-0.2, 0) is 11.3 Å². The largest absolute Gasteiger partial charge is 0.493 e. The van der Waals surface area contributed by atoms with Crippen molar-refractivity contribution in [3.05, 3.63) is 78.1 Å². The SMILES string of the molecule is CCOc1ccc(/C=C/C(=O)NCc2cnn(-c3ccccc3)c2)cc1OC. The van der Waals surface area contributed by atoms with Crippen molar-refractivity contribution >= 4 is 12.0 Å². The van der Waals surface area contributed by atoms with Crippen LogP contribution in [0.5, 0.6) is 11.5 Å². The molecule has 0 saturated carbocycles. The molecule has 1 N–H and O–H groups in total. The Balaban J connectivity index is 1.56. The summed E-state index contributed by atoms with van der Waals surface area (Å²) in [4.78, 5) is 12.1. The number of amides is 1. The first-order valence-electron chi connectivity index (χ1n) is 9.05. The van der Waals surface area contributed by atoms with Crippen LogP contribution in [0.2, 0.25) is 0 Å². The normalized spacial score (nSPS) is 10.8. The highest BCUT2D eigenvalue weighted by Crippen LogP contribution is 2.28. The summed E-state index contributed by atoms with van der Waals surface area (Å²) in [7, 11) is 1.59. The topological polar surface area (TPSA) is 65.4 Å². The summed E-state index contributed by atoms with van der Waals surface area (Å²) in [5.74, 6) is 1.14. The van der Waals surface area contributed by atoms with Gasteiger partial charge in [-0.05, 0) is 42.8 Å². The minimum atomic E-state index is -0.180. The van der Waals surface area contributed by atoms with Crippen molar-refractivity contribution in [3.63, 3.8) is 0 Å². The minimum absolute atomic E-state index is 0.180. The monoisotopic (exact) mass is 377 g/mol. The van der Waals surface area contributed by atoms with Gasteiger partial charge in [0.05, 0.1) is 25.6 Å². The van der Waals surface area contributed by atoms with Gasteiger partial charge < -0.3 is 14.8 Å². The van der Waals surface area contributed by atoms with Crippen molar-refractivity contribution in [3.8, 4) is 17.2 Å². The van der Waals surface area contributed by atoms with E-state index < -0.39 is 0 Å². The number of hydrogen-bond acceptors (Lipinski definition) is 4. The van der Waals surface area contributed by atoms with Gasteiger partial charge in [-0.2, -0.15) is 5.10 Å². The minimum Gasteiger partial charge on any atom is -0.493 e. The molecular weight excluding hydrogens is 354 g/mol. The van der Waals surface area contributed by atoms with Crippen LogP contribution in [-0.4, -0.2) is 29.4 Å². The van der Waals surface area contributed by atoms with E-state index in [9.17, 15) is 4.79 Å². The van der Waals surface area contributed by atoms with E-state index in [4.69, 9.17) is 9.47 Å². The number of carbonyl (C=O) groups excluding carboxylic acids is 1. The molecule has 1 aromatic heterocycles. The van der Waals surface area contributed by atoms with E-state index in [2.05, 4.69) is 10.4 Å². The van der Waals surface area contributed by atoms with Gasteiger partial charge >= 0.3 is 0 Å². The van der Waals surface area contributed by atoms with Gasteiger partial charge in [0, 0.05) is 24.4 Å². The molecule has 1 amide bonds. The summed E-state index contributed by atoms with van der Waals surface area (Å²) in [5.41, 5.74) is 2.75. The molecule has 3 rings (SSSR count). The molecule has 0 aliphatic carbocycles. The molecule has 0 saturated heterocycles. The smallest absolute Gasteiger partial charge is 0.244 e. The molecule has 0 aliphatic rings. The maximum absolute atomic E-state index is 12.1. The average Bonchev–Trinajstić information content (AvgIpc) is 3.21. The third kappa shape index (κ3) is 5.01. The Hall–Kier alpha value is -3.54. The van der Waals surface area contributed by atoms with Crippen LogP contribution in [0.3, 0.4) is 0 Å². The number of carbonyl (C=O) groups is 1. The number of aromatic nitrogens is 2. The van der Waals surface area contributed by atoms with E-state index in [-0.39, 0.29) is 5.91 Å². The highest BCUT2D eigenvalue weighted by atomic mass is 16.5. The lowest BCUT2D eigenvalue weighted by Crippen LogP contribution is -2.19. The van der Waals surface area contributed by atoms with Gasteiger partial charge in [0.1, 0.15) is 0 Å². The first-order chi connectivity index (χ1) is 13.7. The van der Waals surface area contributed by atoms with Crippen molar-refractivity contribution in [2.75, 3.05) is 13.7 Å². The fourth-order valence-electron chi connectivity index (χ4n) is 2.66. The molecular formula is C22H23N3O3.